The third-order valence-corrected chi connectivity index (χ3v) is 4.25. The van der Waals surface area contributed by atoms with Crippen LogP contribution in [0.2, 0.25) is 0 Å². The SMILES string of the molecule is CCn1cc([C@@H]2OCCC[C@H]2CNCc2nncn2C)cn1. The number of hydrogen-bond donors (Lipinski definition) is 1. The van der Waals surface area contributed by atoms with Gasteiger partial charge in [-0.3, -0.25) is 4.68 Å². The summed E-state index contributed by atoms with van der Waals surface area (Å²) >= 11 is 0. The Bertz CT molecular complexity index is 592. The molecule has 3 heterocycles. The van der Waals surface area contributed by atoms with E-state index in [1.54, 1.807) is 6.33 Å². The Hall–Kier alpha value is -1.73. The smallest absolute Gasteiger partial charge is 0.146 e. The maximum Gasteiger partial charge on any atom is 0.146 e. The molecule has 7 nitrogen and oxygen atoms in total. The number of nitrogens with zero attached hydrogens (tertiary/aromatic N) is 5. The Balaban J connectivity index is 1.59. The van der Waals surface area contributed by atoms with E-state index >= 15 is 0 Å². The first-order chi connectivity index (χ1) is 10.8. The van der Waals surface area contributed by atoms with Crippen molar-refractivity contribution in [1.29, 1.82) is 0 Å². The number of ether oxygens (including phenoxy) is 1. The number of hydrogen-bond acceptors (Lipinski definition) is 5. The minimum atomic E-state index is 0.140. The number of nitrogens with one attached hydrogen (secondary N) is 1. The van der Waals surface area contributed by atoms with Crippen molar-refractivity contribution in [3.05, 3.63) is 30.1 Å². The molecule has 0 aliphatic carbocycles. The molecule has 7 heteroatoms. The van der Waals surface area contributed by atoms with Gasteiger partial charge in [0.1, 0.15) is 12.2 Å². The van der Waals surface area contributed by atoms with Crippen molar-refractivity contribution in [3.8, 4) is 0 Å². The van der Waals surface area contributed by atoms with Crippen LogP contribution < -0.4 is 5.32 Å². The van der Waals surface area contributed by atoms with Crippen LogP contribution in [0.25, 0.3) is 0 Å². The normalized spacial score (nSPS) is 22.1. The molecule has 1 fully saturated rings. The lowest BCUT2D eigenvalue weighted by Crippen LogP contribution is -2.32. The van der Waals surface area contributed by atoms with Gasteiger partial charge in [-0.25, -0.2) is 0 Å². The summed E-state index contributed by atoms with van der Waals surface area (Å²) in [5.41, 5.74) is 1.19. The van der Waals surface area contributed by atoms with Gasteiger partial charge in [0.2, 0.25) is 0 Å². The highest BCUT2D eigenvalue weighted by molar-refractivity contribution is 5.10. The zero-order valence-electron chi connectivity index (χ0n) is 13.3. The lowest BCUT2D eigenvalue weighted by Gasteiger charge is -2.31. The molecular weight excluding hydrogens is 280 g/mol. The first-order valence-electron chi connectivity index (χ1n) is 7.95. The van der Waals surface area contributed by atoms with Crippen LogP contribution in [0.4, 0.5) is 0 Å². The third-order valence-electron chi connectivity index (χ3n) is 4.25. The van der Waals surface area contributed by atoms with Gasteiger partial charge in [0.05, 0.1) is 18.8 Å². The molecule has 0 saturated carbocycles. The monoisotopic (exact) mass is 304 g/mol. The van der Waals surface area contributed by atoms with E-state index in [4.69, 9.17) is 4.74 Å². The Labute approximate surface area is 130 Å². The average molecular weight is 304 g/mol. The van der Waals surface area contributed by atoms with E-state index in [9.17, 15) is 0 Å². The molecule has 0 bridgehead atoms. The van der Waals surface area contributed by atoms with Crippen LogP contribution in [0.5, 0.6) is 0 Å². The number of rotatable bonds is 6. The molecule has 0 spiro atoms. The maximum absolute atomic E-state index is 6.02. The molecule has 2 aromatic rings. The predicted molar refractivity (Wildman–Crippen MR) is 82.0 cm³/mol. The van der Waals surface area contributed by atoms with Crippen LogP contribution in [0.15, 0.2) is 18.7 Å². The van der Waals surface area contributed by atoms with E-state index in [1.807, 2.05) is 22.5 Å². The van der Waals surface area contributed by atoms with Gasteiger partial charge in [0, 0.05) is 44.4 Å². The van der Waals surface area contributed by atoms with Gasteiger partial charge in [-0.2, -0.15) is 5.10 Å². The van der Waals surface area contributed by atoms with E-state index < -0.39 is 0 Å². The van der Waals surface area contributed by atoms with Gasteiger partial charge in [0.15, 0.2) is 0 Å². The topological polar surface area (TPSA) is 69.8 Å². The molecule has 1 aliphatic rings. The Morgan fingerprint density at radius 3 is 3.09 bits per heavy atom. The maximum atomic E-state index is 6.02. The summed E-state index contributed by atoms with van der Waals surface area (Å²) in [6.07, 6.45) is 8.20. The van der Waals surface area contributed by atoms with Crippen LogP contribution >= 0.6 is 0 Å². The van der Waals surface area contributed by atoms with Crippen molar-refractivity contribution < 1.29 is 4.74 Å². The summed E-state index contributed by atoms with van der Waals surface area (Å²) in [6.45, 7) is 5.46. The van der Waals surface area contributed by atoms with Crippen molar-refractivity contribution in [2.75, 3.05) is 13.2 Å². The van der Waals surface area contributed by atoms with E-state index in [0.717, 1.165) is 38.5 Å². The second-order valence-electron chi connectivity index (χ2n) is 5.81. The van der Waals surface area contributed by atoms with Crippen molar-refractivity contribution >= 4 is 0 Å². The van der Waals surface area contributed by atoms with Crippen LogP contribution in [0.1, 0.15) is 37.3 Å². The van der Waals surface area contributed by atoms with Crippen LogP contribution in [0, 0.1) is 5.92 Å². The van der Waals surface area contributed by atoms with Gasteiger partial charge in [0.25, 0.3) is 0 Å². The minimum absolute atomic E-state index is 0.140. The van der Waals surface area contributed by atoms with E-state index in [0.29, 0.717) is 5.92 Å². The van der Waals surface area contributed by atoms with Gasteiger partial charge in [-0.1, -0.05) is 0 Å². The van der Waals surface area contributed by atoms with Crippen LogP contribution in [0.3, 0.4) is 0 Å². The molecule has 0 radical (unpaired) electrons. The Morgan fingerprint density at radius 2 is 2.36 bits per heavy atom. The highest BCUT2D eigenvalue weighted by Crippen LogP contribution is 2.33. The molecule has 1 N–H and O–H groups in total. The molecular formula is C15H24N6O. The molecule has 2 aromatic heterocycles. The van der Waals surface area contributed by atoms with Crippen LogP contribution in [-0.4, -0.2) is 37.7 Å². The summed E-state index contributed by atoms with van der Waals surface area (Å²) in [7, 11) is 1.96. The molecule has 120 valence electrons. The largest absolute Gasteiger partial charge is 0.373 e. The fourth-order valence-electron chi connectivity index (χ4n) is 2.96. The second kappa shape index (κ2) is 7.02. The zero-order chi connectivity index (χ0) is 15.4. The number of aryl methyl sites for hydroxylation is 2. The fourth-order valence-corrected chi connectivity index (χ4v) is 2.96. The minimum Gasteiger partial charge on any atom is -0.373 e. The highest BCUT2D eigenvalue weighted by Gasteiger charge is 2.28. The summed E-state index contributed by atoms with van der Waals surface area (Å²) in [4.78, 5) is 0. The first kappa shape index (κ1) is 15.2. The van der Waals surface area contributed by atoms with E-state index in [-0.39, 0.29) is 6.10 Å². The van der Waals surface area contributed by atoms with Crippen molar-refractivity contribution in [1.82, 2.24) is 29.9 Å². The molecule has 1 saturated heterocycles. The molecule has 22 heavy (non-hydrogen) atoms. The molecule has 3 rings (SSSR count). The average Bonchev–Trinajstić information content (AvgIpc) is 3.17. The molecule has 0 unspecified atom stereocenters. The summed E-state index contributed by atoms with van der Waals surface area (Å²) < 4.78 is 9.91. The van der Waals surface area contributed by atoms with Crippen molar-refractivity contribution in [3.63, 3.8) is 0 Å². The highest BCUT2D eigenvalue weighted by atomic mass is 16.5. The summed E-state index contributed by atoms with van der Waals surface area (Å²) in [5, 5.41) is 15.9. The molecule has 1 aliphatic heterocycles. The van der Waals surface area contributed by atoms with Crippen molar-refractivity contribution in [2.45, 2.75) is 39.0 Å². The summed E-state index contributed by atoms with van der Waals surface area (Å²) in [5.74, 6) is 1.42. The second-order valence-corrected chi connectivity index (χ2v) is 5.81. The summed E-state index contributed by atoms with van der Waals surface area (Å²) in [6, 6.07) is 0. The third kappa shape index (κ3) is 3.36. The zero-order valence-corrected chi connectivity index (χ0v) is 13.3. The van der Waals surface area contributed by atoms with E-state index in [2.05, 4.69) is 33.7 Å². The molecule has 2 atom stereocenters. The van der Waals surface area contributed by atoms with Gasteiger partial charge >= 0.3 is 0 Å². The lowest BCUT2D eigenvalue weighted by atomic mass is 9.91. The quantitative estimate of drug-likeness (QED) is 0.871. The standard InChI is InChI=1S/C15H24N6O/c1-3-21-10-13(8-18-21)15-12(5-4-6-22-15)7-16-9-14-19-17-11-20(14)2/h8,10-12,15-16H,3-7,9H2,1-2H3/t12-,15+/m0/s1. The predicted octanol–water partition coefficient (Wildman–Crippen LogP) is 1.29. The lowest BCUT2D eigenvalue weighted by molar-refractivity contribution is -0.0279. The Morgan fingerprint density at radius 1 is 1.45 bits per heavy atom. The molecule has 0 aromatic carbocycles. The van der Waals surface area contributed by atoms with Gasteiger partial charge in [-0.15, -0.1) is 10.2 Å². The number of aromatic nitrogens is 5. The first-order valence-corrected chi connectivity index (χ1v) is 7.95. The van der Waals surface area contributed by atoms with Crippen molar-refractivity contribution in [2.24, 2.45) is 13.0 Å². The van der Waals surface area contributed by atoms with Gasteiger partial charge < -0.3 is 14.6 Å². The van der Waals surface area contributed by atoms with Gasteiger partial charge in [-0.05, 0) is 19.8 Å². The van der Waals surface area contributed by atoms with Crippen LogP contribution in [-0.2, 0) is 24.9 Å². The Kier molecular flexibility index (Phi) is 4.84. The fraction of sp³-hybridized carbons (Fsp3) is 0.667. The molecule has 0 amide bonds. The van der Waals surface area contributed by atoms with E-state index in [1.165, 1.54) is 12.0 Å².